The Morgan fingerprint density at radius 1 is 1.11 bits per heavy atom. The van der Waals surface area contributed by atoms with E-state index in [1.165, 1.54) is 37.0 Å². The van der Waals surface area contributed by atoms with Gasteiger partial charge < -0.3 is 4.98 Å². The minimum Gasteiger partial charge on any atom is -0.321 e. The van der Waals surface area contributed by atoms with E-state index in [2.05, 4.69) is 58.3 Å². The van der Waals surface area contributed by atoms with Crippen LogP contribution >= 0.6 is 0 Å². The van der Waals surface area contributed by atoms with Gasteiger partial charge in [0.05, 0.1) is 18.1 Å². The fourth-order valence-electron chi connectivity index (χ4n) is 5.68. The molecule has 8 heteroatoms. The summed E-state index contributed by atoms with van der Waals surface area (Å²) in [5, 5.41) is 13.8. The number of hydrogen-bond donors (Lipinski definition) is 1. The van der Waals surface area contributed by atoms with Crippen molar-refractivity contribution in [1.82, 2.24) is 30.1 Å². The summed E-state index contributed by atoms with van der Waals surface area (Å²) in [6, 6.07) is 13.0. The molecule has 4 aromatic rings. The van der Waals surface area contributed by atoms with E-state index in [9.17, 15) is 9.18 Å². The zero-order chi connectivity index (χ0) is 25.9. The second kappa shape index (κ2) is 10.9. The van der Waals surface area contributed by atoms with Gasteiger partial charge in [-0.3, -0.25) is 9.69 Å². The number of pyridine rings is 1. The van der Waals surface area contributed by atoms with Crippen molar-refractivity contribution in [2.45, 2.75) is 84.5 Å². The first-order chi connectivity index (χ1) is 17.9. The largest absolute Gasteiger partial charge is 0.321 e. The van der Waals surface area contributed by atoms with Gasteiger partial charge in [-0.1, -0.05) is 50.5 Å². The molecular weight excluding hydrogens is 467 g/mol. The molecule has 0 saturated heterocycles. The average Bonchev–Trinajstić information content (AvgIpc) is 3.36. The van der Waals surface area contributed by atoms with Crippen LogP contribution in [-0.4, -0.2) is 36.1 Å². The molecule has 0 radical (unpaired) electrons. The molecule has 5 rings (SSSR count). The van der Waals surface area contributed by atoms with Crippen LogP contribution in [0.25, 0.3) is 10.9 Å². The van der Waals surface area contributed by atoms with Crippen LogP contribution in [0.5, 0.6) is 0 Å². The molecule has 0 bridgehead atoms. The minimum atomic E-state index is -0.262. The topological polar surface area (TPSA) is 79.7 Å². The molecule has 1 aliphatic rings. The maximum absolute atomic E-state index is 13.4. The molecule has 0 amide bonds. The quantitative estimate of drug-likeness (QED) is 0.339. The Morgan fingerprint density at radius 2 is 1.86 bits per heavy atom. The van der Waals surface area contributed by atoms with Gasteiger partial charge in [0.2, 0.25) is 0 Å². The van der Waals surface area contributed by atoms with Gasteiger partial charge in [0, 0.05) is 18.2 Å². The molecule has 2 aromatic heterocycles. The summed E-state index contributed by atoms with van der Waals surface area (Å²) >= 11 is 0. The first kappa shape index (κ1) is 25.3. The molecule has 1 saturated carbocycles. The van der Waals surface area contributed by atoms with E-state index < -0.39 is 0 Å². The number of nitrogens with one attached hydrogen (secondary N) is 1. The van der Waals surface area contributed by atoms with Gasteiger partial charge in [0.15, 0.2) is 5.82 Å². The van der Waals surface area contributed by atoms with Crippen LogP contribution in [-0.2, 0) is 13.1 Å². The van der Waals surface area contributed by atoms with E-state index >= 15 is 0 Å². The molecule has 1 fully saturated rings. The lowest BCUT2D eigenvalue weighted by Gasteiger charge is -2.39. The van der Waals surface area contributed by atoms with E-state index in [0.29, 0.717) is 19.1 Å². The van der Waals surface area contributed by atoms with Gasteiger partial charge in [-0.15, -0.1) is 5.10 Å². The van der Waals surface area contributed by atoms with E-state index in [1.807, 2.05) is 10.7 Å². The van der Waals surface area contributed by atoms with Crippen LogP contribution in [0, 0.1) is 19.7 Å². The predicted molar refractivity (Wildman–Crippen MR) is 143 cm³/mol. The van der Waals surface area contributed by atoms with Crippen LogP contribution in [0.1, 0.15) is 79.6 Å². The second-order valence-electron chi connectivity index (χ2n) is 10.3. The first-order valence-electron chi connectivity index (χ1n) is 13.3. The van der Waals surface area contributed by atoms with Gasteiger partial charge >= 0.3 is 0 Å². The third-order valence-electron chi connectivity index (χ3n) is 7.91. The molecule has 37 heavy (non-hydrogen) atoms. The summed E-state index contributed by atoms with van der Waals surface area (Å²) in [7, 11) is 0. The fourth-order valence-corrected chi connectivity index (χ4v) is 5.68. The van der Waals surface area contributed by atoms with E-state index in [4.69, 9.17) is 0 Å². The lowest BCUT2D eigenvalue weighted by molar-refractivity contribution is 0.0844. The number of tetrazole rings is 1. The zero-order valence-electron chi connectivity index (χ0n) is 21.9. The Morgan fingerprint density at radius 3 is 2.59 bits per heavy atom. The number of rotatable bonds is 8. The number of aromatic amines is 1. The number of aromatic nitrogens is 5. The van der Waals surface area contributed by atoms with E-state index in [1.54, 1.807) is 12.1 Å². The van der Waals surface area contributed by atoms with Crippen LogP contribution in [0.2, 0.25) is 0 Å². The van der Waals surface area contributed by atoms with E-state index in [0.717, 1.165) is 52.7 Å². The monoisotopic (exact) mass is 502 g/mol. The number of halogens is 1. The van der Waals surface area contributed by atoms with Crippen molar-refractivity contribution in [3.8, 4) is 0 Å². The summed E-state index contributed by atoms with van der Waals surface area (Å²) in [6.07, 6.45) is 6.62. The van der Waals surface area contributed by atoms with Crippen molar-refractivity contribution in [2.75, 3.05) is 0 Å². The fraction of sp³-hybridized carbons (Fsp3) is 0.448. The highest BCUT2D eigenvalue weighted by Crippen LogP contribution is 2.33. The lowest BCUT2D eigenvalue weighted by Crippen LogP contribution is -2.41. The Hall–Kier alpha value is -3.39. The number of hydrogen-bond acceptors (Lipinski definition) is 5. The molecule has 1 aliphatic carbocycles. The Balaban J connectivity index is 1.51. The molecule has 1 atom stereocenters. The van der Waals surface area contributed by atoms with Crippen LogP contribution < -0.4 is 5.56 Å². The molecule has 0 aliphatic heterocycles. The van der Waals surface area contributed by atoms with Gasteiger partial charge in [-0.05, 0) is 83.8 Å². The number of fused-ring (bicyclic) bond motifs is 1. The third kappa shape index (κ3) is 5.34. The molecule has 0 spiro atoms. The standard InChI is InChI=1S/C29H35FN6O/c1-4-26(28-32-33-34-36(28)17-21-11-14-24(30)15-12-21)35(25-8-6-5-7-9-25)18-23-16-22-13-10-19(2)20(3)27(22)31-29(23)37/h10-16,25-26H,4-9,17-18H2,1-3H3,(H,31,37)/t26-/m0/s1. The number of H-pyrrole nitrogens is 1. The Kier molecular flexibility index (Phi) is 7.46. The Bertz CT molecular complexity index is 1420. The summed E-state index contributed by atoms with van der Waals surface area (Å²) < 4.78 is 15.2. The predicted octanol–water partition coefficient (Wildman–Crippen LogP) is 5.60. The first-order valence-corrected chi connectivity index (χ1v) is 13.3. The third-order valence-corrected chi connectivity index (χ3v) is 7.91. The normalized spacial score (nSPS) is 15.5. The SMILES string of the molecule is CC[C@@H](c1nnnn1Cc1ccc(F)cc1)N(Cc1cc2ccc(C)c(C)c2[nH]c1=O)C1CCCCC1. The van der Waals surface area contributed by atoms with Crippen molar-refractivity contribution in [1.29, 1.82) is 0 Å². The van der Waals surface area contributed by atoms with Gasteiger partial charge in [0.25, 0.3) is 5.56 Å². The van der Waals surface area contributed by atoms with Crippen molar-refractivity contribution in [2.24, 2.45) is 0 Å². The molecule has 1 N–H and O–H groups in total. The smallest absolute Gasteiger partial charge is 0.252 e. The van der Waals surface area contributed by atoms with Crippen LogP contribution in [0.3, 0.4) is 0 Å². The van der Waals surface area contributed by atoms with Gasteiger partial charge in [0.1, 0.15) is 5.82 Å². The van der Waals surface area contributed by atoms with Gasteiger partial charge in [-0.25, -0.2) is 9.07 Å². The lowest BCUT2D eigenvalue weighted by atomic mass is 9.92. The molecule has 2 heterocycles. The van der Waals surface area contributed by atoms with E-state index in [-0.39, 0.29) is 17.4 Å². The molecular formula is C29H35FN6O. The number of benzene rings is 2. The Labute approximate surface area is 216 Å². The van der Waals surface area contributed by atoms with Crippen LogP contribution in [0.15, 0.2) is 47.3 Å². The van der Waals surface area contributed by atoms with Gasteiger partial charge in [-0.2, -0.15) is 0 Å². The van der Waals surface area contributed by atoms with Crippen LogP contribution in [0.4, 0.5) is 4.39 Å². The highest BCUT2D eigenvalue weighted by molar-refractivity contribution is 5.83. The number of aryl methyl sites for hydroxylation is 2. The highest BCUT2D eigenvalue weighted by Gasteiger charge is 2.32. The molecule has 7 nitrogen and oxygen atoms in total. The minimum absolute atomic E-state index is 0.0391. The molecule has 2 aromatic carbocycles. The molecule has 0 unspecified atom stereocenters. The second-order valence-corrected chi connectivity index (χ2v) is 10.3. The van der Waals surface area contributed by atoms with Crippen molar-refractivity contribution in [3.05, 3.63) is 86.7 Å². The van der Waals surface area contributed by atoms with Crippen molar-refractivity contribution >= 4 is 10.9 Å². The summed E-state index contributed by atoms with van der Waals surface area (Å²) in [5.74, 6) is 0.516. The zero-order valence-corrected chi connectivity index (χ0v) is 21.9. The summed E-state index contributed by atoms with van der Waals surface area (Å²) in [4.78, 5) is 18.9. The highest BCUT2D eigenvalue weighted by atomic mass is 19.1. The van der Waals surface area contributed by atoms with Crippen molar-refractivity contribution < 1.29 is 4.39 Å². The van der Waals surface area contributed by atoms with Crippen molar-refractivity contribution in [3.63, 3.8) is 0 Å². The summed E-state index contributed by atoms with van der Waals surface area (Å²) in [5.41, 5.74) is 4.84. The maximum atomic E-state index is 13.4. The average molecular weight is 503 g/mol. The maximum Gasteiger partial charge on any atom is 0.252 e. The molecule has 194 valence electrons. The summed E-state index contributed by atoms with van der Waals surface area (Å²) in [6.45, 7) is 7.26. The number of nitrogens with zero attached hydrogens (tertiary/aromatic N) is 5.